The fourth-order valence-corrected chi connectivity index (χ4v) is 2.57. The molecular weight excluding hydrogens is 324 g/mol. The maximum Gasteiger partial charge on any atom is 0.239 e. The lowest BCUT2D eigenvalue weighted by Crippen LogP contribution is -2.44. The molecule has 1 amide bonds. The second-order valence-electron chi connectivity index (χ2n) is 5.40. The topological polar surface area (TPSA) is 86.8 Å². The molecule has 1 aromatic rings. The van der Waals surface area contributed by atoms with Gasteiger partial charge in [-0.2, -0.15) is 0 Å². The number of hydrogen-bond donors (Lipinski definition) is 3. The molecular formula is C14H21BrN2O3. The number of aliphatic hydroxyl groups is 2. The first kappa shape index (κ1) is 17.1. The Morgan fingerprint density at radius 3 is 2.50 bits per heavy atom. The zero-order valence-corrected chi connectivity index (χ0v) is 13.3. The number of amides is 1. The Morgan fingerprint density at radius 1 is 1.45 bits per heavy atom. The highest BCUT2D eigenvalue weighted by molar-refractivity contribution is 9.10. The van der Waals surface area contributed by atoms with Crippen molar-refractivity contribution in [3.8, 4) is 0 Å². The number of halogens is 1. The van der Waals surface area contributed by atoms with Gasteiger partial charge in [-0.05, 0) is 24.7 Å². The largest absolute Gasteiger partial charge is 0.396 e. The number of primary amides is 1. The van der Waals surface area contributed by atoms with Gasteiger partial charge in [0.05, 0.1) is 13.2 Å². The molecule has 112 valence electrons. The van der Waals surface area contributed by atoms with Crippen LogP contribution in [0.1, 0.15) is 18.5 Å². The molecule has 1 aromatic carbocycles. The number of rotatable bonds is 7. The molecule has 5 nitrogen and oxygen atoms in total. The lowest BCUT2D eigenvalue weighted by atomic mass is 9.91. The molecule has 0 saturated carbocycles. The summed E-state index contributed by atoms with van der Waals surface area (Å²) in [6.45, 7) is 1.76. The first-order valence-corrected chi connectivity index (χ1v) is 7.09. The number of carbonyl (C=O) groups is 1. The van der Waals surface area contributed by atoms with Gasteiger partial charge in [0, 0.05) is 16.4 Å². The first-order chi connectivity index (χ1) is 9.33. The Hall–Kier alpha value is -0.950. The summed E-state index contributed by atoms with van der Waals surface area (Å²) in [5.41, 5.74) is 5.59. The van der Waals surface area contributed by atoms with Crippen LogP contribution in [0.5, 0.6) is 0 Å². The molecule has 6 heteroatoms. The monoisotopic (exact) mass is 344 g/mol. The van der Waals surface area contributed by atoms with Gasteiger partial charge in [-0.3, -0.25) is 9.69 Å². The van der Waals surface area contributed by atoms with Gasteiger partial charge >= 0.3 is 0 Å². The van der Waals surface area contributed by atoms with Crippen molar-refractivity contribution in [2.45, 2.75) is 13.0 Å². The summed E-state index contributed by atoms with van der Waals surface area (Å²) in [7, 11) is 1.75. The zero-order chi connectivity index (χ0) is 15.3. The van der Waals surface area contributed by atoms with Gasteiger partial charge in [0.15, 0.2) is 0 Å². The van der Waals surface area contributed by atoms with E-state index in [0.717, 1.165) is 10.0 Å². The molecule has 4 N–H and O–H groups in total. The van der Waals surface area contributed by atoms with Crippen molar-refractivity contribution in [2.75, 3.05) is 26.8 Å². The van der Waals surface area contributed by atoms with E-state index in [1.807, 2.05) is 24.3 Å². The Bertz CT molecular complexity index is 463. The molecule has 1 unspecified atom stereocenters. The SMILES string of the molecule is CN(CC(C)(CO)CO)C(C(N)=O)c1cccc(Br)c1. The van der Waals surface area contributed by atoms with Crippen LogP contribution < -0.4 is 5.73 Å². The predicted octanol–water partition coefficient (Wildman–Crippen LogP) is 0.898. The summed E-state index contributed by atoms with van der Waals surface area (Å²) in [6.07, 6.45) is 0. The standard InChI is InChI=1S/C14H21BrN2O3/c1-14(8-18,9-19)7-17(2)12(13(16)20)10-4-3-5-11(15)6-10/h3-6,12,18-19H,7-9H2,1-2H3,(H2,16,20). The molecule has 1 atom stereocenters. The number of nitrogens with two attached hydrogens (primary N) is 1. The van der Waals surface area contributed by atoms with Gasteiger partial charge in [-0.1, -0.05) is 35.0 Å². The summed E-state index contributed by atoms with van der Waals surface area (Å²) in [5.74, 6) is -0.469. The molecule has 1 rings (SSSR count). The van der Waals surface area contributed by atoms with Crippen LogP contribution in [-0.2, 0) is 4.79 Å². The van der Waals surface area contributed by atoms with E-state index in [2.05, 4.69) is 15.9 Å². The number of hydrogen-bond acceptors (Lipinski definition) is 4. The number of benzene rings is 1. The van der Waals surface area contributed by atoms with Crippen molar-refractivity contribution in [2.24, 2.45) is 11.1 Å². The van der Waals surface area contributed by atoms with Crippen LogP contribution in [0, 0.1) is 5.41 Å². The van der Waals surface area contributed by atoms with Gasteiger partial charge in [0.2, 0.25) is 5.91 Å². The summed E-state index contributed by atoms with van der Waals surface area (Å²) in [5, 5.41) is 18.7. The van der Waals surface area contributed by atoms with Gasteiger partial charge in [-0.15, -0.1) is 0 Å². The predicted molar refractivity (Wildman–Crippen MR) is 81.0 cm³/mol. The molecule has 0 saturated heterocycles. The molecule has 0 heterocycles. The summed E-state index contributed by atoms with van der Waals surface area (Å²) in [6, 6.07) is 6.76. The van der Waals surface area contributed by atoms with Crippen molar-refractivity contribution in [1.29, 1.82) is 0 Å². The highest BCUT2D eigenvalue weighted by Gasteiger charge is 2.30. The number of carbonyl (C=O) groups excluding carboxylic acids is 1. The molecule has 0 aliphatic heterocycles. The second-order valence-corrected chi connectivity index (χ2v) is 6.32. The van der Waals surface area contributed by atoms with Crippen molar-refractivity contribution in [1.82, 2.24) is 4.90 Å². The molecule has 20 heavy (non-hydrogen) atoms. The molecule has 0 bridgehead atoms. The molecule has 0 aliphatic rings. The van der Waals surface area contributed by atoms with E-state index >= 15 is 0 Å². The maximum atomic E-state index is 11.8. The normalized spacial score (nSPS) is 13.5. The van der Waals surface area contributed by atoms with E-state index in [-0.39, 0.29) is 13.2 Å². The lowest BCUT2D eigenvalue weighted by Gasteiger charge is -2.34. The van der Waals surface area contributed by atoms with E-state index in [9.17, 15) is 15.0 Å². The van der Waals surface area contributed by atoms with Gasteiger partial charge in [-0.25, -0.2) is 0 Å². The summed E-state index contributed by atoms with van der Waals surface area (Å²) < 4.78 is 0.863. The van der Waals surface area contributed by atoms with Crippen LogP contribution in [-0.4, -0.2) is 47.8 Å². The lowest BCUT2D eigenvalue weighted by molar-refractivity contribution is -0.123. The zero-order valence-electron chi connectivity index (χ0n) is 11.7. The minimum atomic E-state index is -0.686. The number of nitrogens with zero attached hydrogens (tertiary/aromatic N) is 1. The number of likely N-dealkylation sites (N-methyl/N-ethyl adjacent to an activating group) is 1. The van der Waals surface area contributed by atoms with E-state index in [4.69, 9.17) is 5.73 Å². The Morgan fingerprint density at radius 2 is 2.05 bits per heavy atom. The third kappa shape index (κ3) is 4.28. The highest BCUT2D eigenvalue weighted by Crippen LogP contribution is 2.26. The molecule has 0 fully saturated rings. The third-order valence-corrected chi connectivity index (χ3v) is 3.76. The highest BCUT2D eigenvalue weighted by atomic mass is 79.9. The van der Waals surface area contributed by atoms with E-state index in [1.54, 1.807) is 18.9 Å². The van der Waals surface area contributed by atoms with Crippen LogP contribution in [0.2, 0.25) is 0 Å². The first-order valence-electron chi connectivity index (χ1n) is 6.30. The van der Waals surface area contributed by atoms with Gasteiger partial charge in [0.1, 0.15) is 6.04 Å². The average Bonchev–Trinajstić information content (AvgIpc) is 2.38. The number of aliphatic hydroxyl groups excluding tert-OH is 2. The Balaban J connectivity index is 3.00. The quantitative estimate of drug-likeness (QED) is 0.685. The van der Waals surface area contributed by atoms with Crippen molar-refractivity contribution >= 4 is 21.8 Å². The average molecular weight is 345 g/mol. The molecule has 0 radical (unpaired) electrons. The molecule has 0 aromatic heterocycles. The maximum absolute atomic E-state index is 11.8. The molecule has 0 spiro atoms. The van der Waals surface area contributed by atoms with Crippen LogP contribution in [0.4, 0.5) is 0 Å². The van der Waals surface area contributed by atoms with Gasteiger partial charge < -0.3 is 15.9 Å². The van der Waals surface area contributed by atoms with E-state index < -0.39 is 17.4 Å². The minimum Gasteiger partial charge on any atom is -0.396 e. The van der Waals surface area contributed by atoms with Crippen LogP contribution in [0.25, 0.3) is 0 Å². The smallest absolute Gasteiger partial charge is 0.239 e. The van der Waals surface area contributed by atoms with Crippen molar-refractivity contribution in [3.05, 3.63) is 34.3 Å². The fraction of sp³-hybridized carbons (Fsp3) is 0.500. The fourth-order valence-electron chi connectivity index (χ4n) is 2.16. The van der Waals surface area contributed by atoms with Crippen molar-refractivity contribution in [3.63, 3.8) is 0 Å². The molecule has 0 aliphatic carbocycles. The Kier molecular flexibility index (Phi) is 6.13. The van der Waals surface area contributed by atoms with Gasteiger partial charge in [0.25, 0.3) is 0 Å². The van der Waals surface area contributed by atoms with Crippen LogP contribution in [0.3, 0.4) is 0 Å². The van der Waals surface area contributed by atoms with E-state index in [1.165, 1.54) is 0 Å². The van der Waals surface area contributed by atoms with E-state index in [0.29, 0.717) is 6.54 Å². The summed E-state index contributed by atoms with van der Waals surface area (Å²) >= 11 is 3.37. The van der Waals surface area contributed by atoms with Crippen LogP contribution >= 0.6 is 15.9 Å². The summed E-state index contributed by atoms with van der Waals surface area (Å²) in [4.78, 5) is 13.5. The minimum absolute atomic E-state index is 0.169. The third-order valence-electron chi connectivity index (χ3n) is 3.27. The second kappa shape index (κ2) is 7.17. The van der Waals surface area contributed by atoms with Crippen LogP contribution in [0.15, 0.2) is 28.7 Å². The van der Waals surface area contributed by atoms with Crippen molar-refractivity contribution < 1.29 is 15.0 Å². The Labute approximate surface area is 127 Å².